The Morgan fingerprint density at radius 1 is 0.911 bits per heavy atom. The minimum atomic E-state index is -1.75. The number of hydrogen-bond acceptors (Lipinski definition) is 6. The molecule has 0 spiro atoms. The summed E-state index contributed by atoms with van der Waals surface area (Å²) in [4.78, 5) is 43.3. The van der Waals surface area contributed by atoms with Gasteiger partial charge in [0.1, 0.15) is 23.9 Å². The van der Waals surface area contributed by atoms with E-state index in [1.807, 2.05) is 66.7 Å². The largest absolute Gasteiger partial charge is 0.488 e. The first-order chi connectivity index (χ1) is 21.7. The van der Waals surface area contributed by atoms with Gasteiger partial charge in [0, 0.05) is 12.0 Å². The van der Waals surface area contributed by atoms with Gasteiger partial charge in [-0.1, -0.05) is 94.5 Å². The number of nitrogens with one attached hydrogen (secondary N) is 2. The lowest BCUT2D eigenvalue weighted by Gasteiger charge is -2.32. The third kappa shape index (κ3) is 8.24. The first kappa shape index (κ1) is 32.5. The van der Waals surface area contributed by atoms with Gasteiger partial charge in [0.05, 0.1) is 12.5 Å². The zero-order chi connectivity index (χ0) is 31.9. The van der Waals surface area contributed by atoms with Crippen molar-refractivity contribution in [1.29, 1.82) is 0 Å². The molecule has 3 aromatic carbocycles. The number of nitrogens with zero attached hydrogens (tertiary/aromatic N) is 1. The van der Waals surface area contributed by atoms with Crippen LogP contribution in [0.4, 0.5) is 0 Å². The number of fused-ring (bicyclic) bond motifs is 1. The first-order valence-electron chi connectivity index (χ1n) is 16.2. The Labute approximate surface area is 265 Å². The van der Waals surface area contributed by atoms with Crippen molar-refractivity contribution in [2.24, 2.45) is 11.8 Å². The van der Waals surface area contributed by atoms with Crippen molar-refractivity contribution in [2.45, 2.75) is 82.9 Å². The van der Waals surface area contributed by atoms with Gasteiger partial charge in [-0.3, -0.25) is 14.4 Å². The van der Waals surface area contributed by atoms with Crippen LogP contribution in [0.3, 0.4) is 0 Å². The molecular formula is C35H44BN3O6. The SMILES string of the molecule is CC(C)[C@H](NC(=O)C1C[C@H](Oc2ccccc2)CN1C(=O)[C@@H](CC1CCCCC1)NC(=O)c1ccc2ccccc2c1)B(O)O. The lowest BCUT2D eigenvalue weighted by Crippen LogP contribution is -2.57. The molecule has 1 aliphatic carbocycles. The zero-order valence-corrected chi connectivity index (χ0v) is 26.1. The minimum absolute atomic E-state index is 0.160. The summed E-state index contributed by atoms with van der Waals surface area (Å²) in [6.07, 6.45) is 5.57. The second-order valence-corrected chi connectivity index (χ2v) is 12.8. The van der Waals surface area contributed by atoms with Crippen LogP contribution in [0.15, 0.2) is 72.8 Å². The quantitative estimate of drug-likeness (QED) is 0.241. The molecule has 1 unspecified atom stereocenters. The molecule has 5 rings (SSSR count). The summed E-state index contributed by atoms with van der Waals surface area (Å²) in [5.41, 5.74) is 0.466. The molecule has 0 bridgehead atoms. The van der Waals surface area contributed by atoms with Gasteiger partial charge in [0.15, 0.2) is 0 Å². The number of carbonyl (C=O) groups is 3. The summed E-state index contributed by atoms with van der Waals surface area (Å²) in [6, 6.07) is 20.8. The number of ether oxygens (including phenoxy) is 1. The van der Waals surface area contributed by atoms with Gasteiger partial charge >= 0.3 is 7.12 Å². The van der Waals surface area contributed by atoms with E-state index in [4.69, 9.17) is 4.74 Å². The molecule has 1 saturated carbocycles. The van der Waals surface area contributed by atoms with E-state index in [1.54, 1.807) is 19.9 Å². The molecule has 4 N–H and O–H groups in total. The summed E-state index contributed by atoms with van der Waals surface area (Å²) in [6.45, 7) is 3.73. The highest BCUT2D eigenvalue weighted by molar-refractivity contribution is 6.43. The number of para-hydroxylation sites is 1. The van der Waals surface area contributed by atoms with Crippen molar-refractivity contribution in [3.63, 3.8) is 0 Å². The Balaban J connectivity index is 1.41. The number of carbonyl (C=O) groups excluding carboxylic acids is 3. The summed E-state index contributed by atoms with van der Waals surface area (Å²) in [7, 11) is -1.75. The van der Waals surface area contributed by atoms with Gasteiger partial charge in [0.2, 0.25) is 11.8 Å². The molecule has 2 aliphatic rings. The van der Waals surface area contributed by atoms with Crippen molar-refractivity contribution < 1.29 is 29.2 Å². The lowest BCUT2D eigenvalue weighted by atomic mass is 9.73. The molecular weight excluding hydrogens is 569 g/mol. The highest BCUT2D eigenvalue weighted by Crippen LogP contribution is 2.30. The standard InChI is InChI=1S/C35H44BN3O6/c1-23(2)32(36(43)44)38-34(41)31-21-29(45-28-15-7-4-8-16-28)22-39(31)35(42)30(19-24-11-5-3-6-12-24)37-33(40)27-18-17-25-13-9-10-14-26(25)20-27/h4,7-10,13-18,20,23-24,29-32,43-44H,3,5-6,11-12,19,21-22H2,1-2H3,(H,37,40)(H,38,41)/t29-,30+,31?,32-/m0/s1. The highest BCUT2D eigenvalue weighted by Gasteiger charge is 2.44. The second-order valence-electron chi connectivity index (χ2n) is 12.8. The minimum Gasteiger partial charge on any atom is -0.488 e. The maximum atomic E-state index is 14.4. The van der Waals surface area contributed by atoms with E-state index in [1.165, 1.54) is 11.3 Å². The molecule has 4 atom stereocenters. The summed E-state index contributed by atoms with van der Waals surface area (Å²) >= 11 is 0. The Bertz CT molecular complexity index is 1450. The Hall–Kier alpha value is -3.89. The average molecular weight is 614 g/mol. The number of amides is 3. The molecule has 0 radical (unpaired) electrons. The van der Waals surface area contributed by atoms with Crippen molar-refractivity contribution in [3.05, 3.63) is 78.4 Å². The highest BCUT2D eigenvalue weighted by atomic mass is 16.5. The van der Waals surface area contributed by atoms with Crippen LogP contribution in [-0.2, 0) is 9.59 Å². The van der Waals surface area contributed by atoms with Crippen LogP contribution < -0.4 is 15.4 Å². The summed E-state index contributed by atoms with van der Waals surface area (Å²) < 4.78 is 6.20. The van der Waals surface area contributed by atoms with Gasteiger partial charge in [-0.15, -0.1) is 0 Å². The zero-order valence-electron chi connectivity index (χ0n) is 26.1. The topological polar surface area (TPSA) is 128 Å². The van der Waals surface area contributed by atoms with Gasteiger partial charge in [-0.05, 0) is 53.3 Å². The van der Waals surface area contributed by atoms with Crippen molar-refractivity contribution in [3.8, 4) is 5.75 Å². The Kier molecular flexibility index (Phi) is 10.8. The molecule has 1 aliphatic heterocycles. The van der Waals surface area contributed by atoms with Gasteiger partial charge in [-0.25, -0.2) is 0 Å². The van der Waals surface area contributed by atoms with Crippen LogP contribution in [0.1, 0.15) is 69.2 Å². The summed E-state index contributed by atoms with van der Waals surface area (Å²) in [5.74, 6) is -1.40. The molecule has 2 fully saturated rings. The maximum Gasteiger partial charge on any atom is 0.475 e. The molecule has 238 valence electrons. The monoisotopic (exact) mass is 613 g/mol. The second kappa shape index (κ2) is 14.9. The molecule has 1 heterocycles. The number of hydrogen-bond donors (Lipinski definition) is 4. The molecule has 9 nitrogen and oxygen atoms in total. The number of rotatable bonds is 11. The normalized spacial score (nSPS) is 20.1. The molecule has 10 heteroatoms. The number of likely N-dealkylation sites (tertiary alicyclic amines) is 1. The fraction of sp³-hybridized carbons (Fsp3) is 0.457. The van der Waals surface area contributed by atoms with E-state index >= 15 is 0 Å². The van der Waals surface area contributed by atoms with Crippen LogP contribution in [0, 0.1) is 11.8 Å². The molecule has 3 aromatic rings. The number of benzene rings is 3. The smallest absolute Gasteiger partial charge is 0.475 e. The third-order valence-electron chi connectivity index (χ3n) is 9.15. The lowest BCUT2D eigenvalue weighted by molar-refractivity contribution is -0.140. The van der Waals surface area contributed by atoms with E-state index < -0.39 is 37.2 Å². The van der Waals surface area contributed by atoms with Crippen molar-refractivity contribution in [2.75, 3.05) is 6.54 Å². The van der Waals surface area contributed by atoms with E-state index in [0.29, 0.717) is 17.7 Å². The van der Waals surface area contributed by atoms with Gasteiger partial charge < -0.3 is 30.3 Å². The van der Waals surface area contributed by atoms with Crippen molar-refractivity contribution in [1.82, 2.24) is 15.5 Å². The van der Waals surface area contributed by atoms with E-state index in [9.17, 15) is 24.4 Å². The predicted octanol–water partition coefficient (Wildman–Crippen LogP) is 4.11. The average Bonchev–Trinajstić information content (AvgIpc) is 3.47. The van der Waals surface area contributed by atoms with E-state index in [0.717, 1.165) is 36.5 Å². The predicted molar refractivity (Wildman–Crippen MR) is 174 cm³/mol. The molecule has 45 heavy (non-hydrogen) atoms. The molecule has 1 saturated heterocycles. The molecule has 0 aromatic heterocycles. The van der Waals surface area contributed by atoms with E-state index in [-0.39, 0.29) is 36.6 Å². The fourth-order valence-electron chi connectivity index (χ4n) is 6.66. The van der Waals surface area contributed by atoms with Gasteiger partial charge in [0.25, 0.3) is 5.91 Å². The Morgan fingerprint density at radius 3 is 2.29 bits per heavy atom. The Morgan fingerprint density at radius 2 is 1.60 bits per heavy atom. The first-order valence-corrected chi connectivity index (χ1v) is 16.2. The van der Waals surface area contributed by atoms with E-state index in [2.05, 4.69) is 10.6 Å². The van der Waals surface area contributed by atoms with Gasteiger partial charge in [-0.2, -0.15) is 0 Å². The van der Waals surface area contributed by atoms with Crippen LogP contribution in [-0.4, -0.2) is 70.5 Å². The van der Waals surface area contributed by atoms with Crippen LogP contribution in [0.25, 0.3) is 10.8 Å². The van der Waals surface area contributed by atoms with Crippen LogP contribution in [0.5, 0.6) is 5.75 Å². The van der Waals surface area contributed by atoms with Crippen molar-refractivity contribution >= 4 is 35.6 Å². The fourth-order valence-corrected chi connectivity index (χ4v) is 6.66. The van der Waals surface area contributed by atoms with Crippen LogP contribution in [0.2, 0.25) is 0 Å². The van der Waals surface area contributed by atoms with Crippen LogP contribution >= 0.6 is 0 Å². The summed E-state index contributed by atoms with van der Waals surface area (Å²) in [5, 5.41) is 27.6. The molecule has 3 amide bonds. The third-order valence-corrected chi connectivity index (χ3v) is 9.15. The maximum absolute atomic E-state index is 14.4.